The first kappa shape index (κ1) is 18.4. The Morgan fingerprint density at radius 2 is 2.00 bits per heavy atom. The van der Waals surface area contributed by atoms with E-state index in [4.69, 9.17) is 14.5 Å². The van der Waals surface area contributed by atoms with Gasteiger partial charge in [0.25, 0.3) is 0 Å². The maximum atomic E-state index is 5.85. The fourth-order valence-corrected chi connectivity index (χ4v) is 3.55. The zero-order chi connectivity index (χ0) is 19.3. The summed E-state index contributed by atoms with van der Waals surface area (Å²) in [6.45, 7) is 5.18. The minimum absolute atomic E-state index is 0.613. The van der Waals surface area contributed by atoms with Crippen LogP contribution in [-0.2, 0) is 19.5 Å². The van der Waals surface area contributed by atoms with E-state index < -0.39 is 0 Å². The van der Waals surface area contributed by atoms with Gasteiger partial charge in [-0.15, -0.1) is 0 Å². The molecule has 1 aliphatic heterocycles. The number of hydrogen-bond acceptors (Lipinski definition) is 6. The molecule has 1 aromatic carbocycles. The number of pyridine rings is 1. The highest BCUT2D eigenvalue weighted by Crippen LogP contribution is 2.33. The molecule has 4 rings (SSSR count). The van der Waals surface area contributed by atoms with Gasteiger partial charge in [-0.1, -0.05) is 12.1 Å². The molecular formula is C22H24N4O2. The van der Waals surface area contributed by atoms with Gasteiger partial charge in [-0.3, -0.25) is 9.88 Å². The third kappa shape index (κ3) is 3.82. The molecule has 0 atom stereocenters. The van der Waals surface area contributed by atoms with Crippen LogP contribution < -0.4 is 9.47 Å². The highest BCUT2D eigenvalue weighted by Gasteiger charge is 2.21. The maximum absolute atomic E-state index is 5.85. The number of ether oxygens (including phenoxy) is 2. The van der Waals surface area contributed by atoms with E-state index >= 15 is 0 Å². The van der Waals surface area contributed by atoms with Gasteiger partial charge in [0.15, 0.2) is 17.3 Å². The summed E-state index contributed by atoms with van der Waals surface area (Å²) in [5, 5.41) is 0. The van der Waals surface area contributed by atoms with Crippen LogP contribution in [0.25, 0.3) is 11.4 Å². The standard InChI is InChI=1S/C22H24N4O2/c1-3-28-21-17(5-4-6-20(21)27-2)14-26-12-9-19-18(15-26)13-24-22(25-19)16-7-10-23-11-8-16/h4-8,10-11,13H,3,9,12,14-15H2,1-2H3. The molecular weight excluding hydrogens is 352 g/mol. The summed E-state index contributed by atoms with van der Waals surface area (Å²) in [6.07, 6.45) is 6.40. The van der Waals surface area contributed by atoms with Crippen LogP contribution in [0.3, 0.4) is 0 Å². The molecule has 144 valence electrons. The molecule has 0 N–H and O–H groups in total. The molecule has 6 nitrogen and oxygen atoms in total. The molecule has 0 saturated carbocycles. The lowest BCUT2D eigenvalue weighted by Gasteiger charge is -2.29. The molecule has 0 radical (unpaired) electrons. The summed E-state index contributed by atoms with van der Waals surface area (Å²) >= 11 is 0. The number of hydrogen-bond donors (Lipinski definition) is 0. The van der Waals surface area contributed by atoms with E-state index in [0.717, 1.165) is 60.2 Å². The zero-order valence-corrected chi connectivity index (χ0v) is 16.3. The smallest absolute Gasteiger partial charge is 0.165 e. The number of rotatable bonds is 6. The minimum atomic E-state index is 0.613. The van der Waals surface area contributed by atoms with Crippen LogP contribution in [0.5, 0.6) is 11.5 Å². The fourth-order valence-electron chi connectivity index (χ4n) is 3.55. The first-order chi connectivity index (χ1) is 13.8. The van der Waals surface area contributed by atoms with Crippen LogP contribution in [0.4, 0.5) is 0 Å². The van der Waals surface area contributed by atoms with Crippen LogP contribution >= 0.6 is 0 Å². The van der Waals surface area contributed by atoms with Crippen molar-refractivity contribution in [3.8, 4) is 22.9 Å². The van der Waals surface area contributed by atoms with Crippen molar-refractivity contribution >= 4 is 0 Å². The number of nitrogens with zero attached hydrogens (tertiary/aromatic N) is 4. The lowest BCUT2D eigenvalue weighted by molar-refractivity contribution is 0.234. The molecule has 0 aliphatic carbocycles. The number of methoxy groups -OCH3 is 1. The second-order valence-electron chi connectivity index (χ2n) is 6.74. The van der Waals surface area contributed by atoms with Crippen LogP contribution in [0, 0.1) is 0 Å². The molecule has 0 saturated heterocycles. The van der Waals surface area contributed by atoms with Gasteiger partial charge in [-0.05, 0) is 25.1 Å². The van der Waals surface area contributed by atoms with Gasteiger partial charge < -0.3 is 9.47 Å². The van der Waals surface area contributed by atoms with Crippen molar-refractivity contribution < 1.29 is 9.47 Å². The largest absolute Gasteiger partial charge is 0.493 e. The topological polar surface area (TPSA) is 60.4 Å². The van der Waals surface area contributed by atoms with Gasteiger partial charge in [0.05, 0.1) is 19.4 Å². The van der Waals surface area contributed by atoms with E-state index in [0.29, 0.717) is 6.61 Å². The lowest BCUT2D eigenvalue weighted by atomic mass is 10.1. The summed E-state index contributed by atoms with van der Waals surface area (Å²) in [4.78, 5) is 15.8. The van der Waals surface area contributed by atoms with E-state index in [1.165, 1.54) is 5.56 Å². The van der Waals surface area contributed by atoms with Crippen molar-refractivity contribution in [2.45, 2.75) is 26.4 Å². The molecule has 0 amide bonds. The van der Waals surface area contributed by atoms with Gasteiger partial charge in [-0.2, -0.15) is 0 Å². The highest BCUT2D eigenvalue weighted by molar-refractivity contribution is 5.54. The quantitative estimate of drug-likeness (QED) is 0.656. The van der Waals surface area contributed by atoms with Crippen LogP contribution in [-0.4, -0.2) is 40.1 Å². The molecule has 0 fully saturated rings. The molecule has 1 aliphatic rings. The Labute approximate surface area is 165 Å². The van der Waals surface area contributed by atoms with Gasteiger partial charge in [0, 0.05) is 61.3 Å². The van der Waals surface area contributed by atoms with E-state index in [-0.39, 0.29) is 0 Å². The lowest BCUT2D eigenvalue weighted by Crippen LogP contribution is -2.31. The summed E-state index contributed by atoms with van der Waals surface area (Å²) in [5.74, 6) is 2.38. The van der Waals surface area contributed by atoms with Crippen molar-refractivity contribution in [2.24, 2.45) is 0 Å². The molecule has 3 aromatic rings. The Hall–Kier alpha value is -2.99. The molecule has 0 bridgehead atoms. The van der Waals surface area contributed by atoms with Crippen LogP contribution in [0.1, 0.15) is 23.7 Å². The Kier molecular flexibility index (Phi) is 5.48. The average Bonchev–Trinajstić information content (AvgIpc) is 2.75. The first-order valence-corrected chi connectivity index (χ1v) is 9.54. The van der Waals surface area contributed by atoms with Crippen LogP contribution in [0.15, 0.2) is 48.9 Å². The fraction of sp³-hybridized carbons (Fsp3) is 0.318. The predicted octanol–water partition coefficient (Wildman–Crippen LogP) is 3.50. The first-order valence-electron chi connectivity index (χ1n) is 9.54. The predicted molar refractivity (Wildman–Crippen MR) is 107 cm³/mol. The molecule has 6 heteroatoms. The summed E-state index contributed by atoms with van der Waals surface area (Å²) in [6, 6.07) is 9.93. The van der Waals surface area contributed by atoms with Crippen molar-refractivity contribution in [3.05, 3.63) is 65.7 Å². The third-order valence-corrected chi connectivity index (χ3v) is 4.91. The number of aromatic nitrogens is 3. The maximum Gasteiger partial charge on any atom is 0.165 e. The molecule has 2 aromatic heterocycles. The van der Waals surface area contributed by atoms with E-state index in [9.17, 15) is 0 Å². The van der Waals surface area contributed by atoms with E-state index in [1.54, 1.807) is 19.5 Å². The normalized spacial score (nSPS) is 13.8. The number of fused-ring (bicyclic) bond motifs is 1. The van der Waals surface area contributed by atoms with Crippen molar-refractivity contribution in [2.75, 3.05) is 20.3 Å². The number of para-hydroxylation sites is 1. The van der Waals surface area contributed by atoms with Gasteiger partial charge in [-0.25, -0.2) is 9.97 Å². The summed E-state index contributed by atoms with van der Waals surface area (Å²) in [7, 11) is 1.68. The third-order valence-electron chi connectivity index (χ3n) is 4.91. The minimum Gasteiger partial charge on any atom is -0.493 e. The molecule has 28 heavy (non-hydrogen) atoms. The molecule has 0 spiro atoms. The van der Waals surface area contributed by atoms with Crippen molar-refractivity contribution in [1.29, 1.82) is 0 Å². The van der Waals surface area contributed by atoms with Crippen LogP contribution in [0.2, 0.25) is 0 Å². The molecule has 0 unspecified atom stereocenters. The van der Waals surface area contributed by atoms with Gasteiger partial charge >= 0.3 is 0 Å². The second kappa shape index (κ2) is 8.35. The summed E-state index contributed by atoms with van der Waals surface area (Å²) < 4.78 is 11.3. The second-order valence-corrected chi connectivity index (χ2v) is 6.74. The van der Waals surface area contributed by atoms with Crippen molar-refractivity contribution in [1.82, 2.24) is 19.9 Å². The average molecular weight is 376 g/mol. The Balaban J connectivity index is 1.52. The zero-order valence-electron chi connectivity index (χ0n) is 16.3. The SMILES string of the molecule is CCOc1c(CN2CCc3nc(-c4ccncc4)ncc3C2)cccc1OC. The number of benzene rings is 1. The Bertz CT molecular complexity index is 947. The summed E-state index contributed by atoms with van der Waals surface area (Å²) in [5.41, 5.74) is 4.45. The van der Waals surface area contributed by atoms with Gasteiger partial charge in [0.1, 0.15) is 0 Å². The van der Waals surface area contributed by atoms with E-state index in [1.807, 2.05) is 37.4 Å². The van der Waals surface area contributed by atoms with Crippen molar-refractivity contribution in [3.63, 3.8) is 0 Å². The highest BCUT2D eigenvalue weighted by atomic mass is 16.5. The molecule has 3 heterocycles. The van der Waals surface area contributed by atoms with Gasteiger partial charge in [0.2, 0.25) is 0 Å². The monoisotopic (exact) mass is 376 g/mol. The van der Waals surface area contributed by atoms with E-state index in [2.05, 4.69) is 20.9 Å². The Morgan fingerprint density at radius 3 is 2.79 bits per heavy atom. The Morgan fingerprint density at radius 1 is 1.14 bits per heavy atom.